The monoisotopic (exact) mass is 297 g/mol. The van der Waals surface area contributed by atoms with E-state index in [1.54, 1.807) is 0 Å². The number of rotatable bonds is 5. The standard InChI is InChI=1S/C16H31N3O2/c1-13(2)17-16(3,15(20)21-4)12-18-9-10-19-8-6-5-7-14(19)11-18/h13-14,17H,5-12H2,1-4H3. The van der Waals surface area contributed by atoms with E-state index in [0.29, 0.717) is 6.04 Å². The van der Waals surface area contributed by atoms with Crippen molar-refractivity contribution in [1.29, 1.82) is 0 Å². The number of hydrogen-bond donors (Lipinski definition) is 1. The third-order valence-electron chi connectivity index (χ3n) is 4.70. The first-order valence-electron chi connectivity index (χ1n) is 8.27. The summed E-state index contributed by atoms with van der Waals surface area (Å²) >= 11 is 0. The highest BCUT2D eigenvalue weighted by Gasteiger charge is 2.39. The van der Waals surface area contributed by atoms with Crippen molar-refractivity contribution in [2.75, 3.05) is 39.8 Å². The molecule has 5 nitrogen and oxygen atoms in total. The number of carbonyl (C=O) groups excluding carboxylic acids is 1. The van der Waals surface area contributed by atoms with Crippen molar-refractivity contribution < 1.29 is 9.53 Å². The molecule has 2 atom stereocenters. The molecule has 0 aliphatic carbocycles. The lowest BCUT2D eigenvalue weighted by molar-refractivity contribution is -0.149. The van der Waals surface area contributed by atoms with Crippen LogP contribution in [0.3, 0.4) is 0 Å². The van der Waals surface area contributed by atoms with Crippen LogP contribution in [0, 0.1) is 0 Å². The van der Waals surface area contributed by atoms with Crippen molar-refractivity contribution in [2.24, 2.45) is 0 Å². The Morgan fingerprint density at radius 1 is 1.33 bits per heavy atom. The Bertz CT molecular complexity index is 361. The minimum atomic E-state index is -0.625. The van der Waals surface area contributed by atoms with E-state index in [9.17, 15) is 4.79 Å². The van der Waals surface area contributed by atoms with Gasteiger partial charge in [0.15, 0.2) is 0 Å². The SMILES string of the molecule is COC(=O)C(C)(CN1CCN2CCCCC2C1)NC(C)C. The van der Waals surface area contributed by atoms with Crippen LogP contribution in [0.4, 0.5) is 0 Å². The van der Waals surface area contributed by atoms with Crippen LogP contribution < -0.4 is 5.32 Å². The van der Waals surface area contributed by atoms with Crippen LogP contribution >= 0.6 is 0 Å². The summed E-state index contributed by atoms with van der Waals surface area (Å²) in [7, 11) is 1.47. The quantitative estimate of drug-likeness (QED) is 0.770. The maximum Gasteiger partial charge on any atom is 0.327 e. The highest BCUT2D eigenvalue weighted by molar-refractivity contribution is 5.80. The van der Waals surface area contributed by atoms with Gasteiger partial charge >= 0.3 is 5.97 Å². The number of hydrogen-bond acceptors (Lipinski definition) is 5. The zero-order valence-corrected chi connectivity index (χ0v) is 14.0. The molecular weight excluding hydrogens is 266 g/mol. The molecule has 0 bridgehead atoms. The molecule has 0 spiro atoms. The van der Waals surface area contributed by atoms with Gasteiger partial charge in [-0.2, -0.15) is 0 Å². The van der Waals surface area contributed by atoms with Crippen LogP contribution in [-0.2, 0) is 9.53 Å². The van der Waals surface area contributed by atoms with Crippen LogP contribution in [0.2, 0.25) is 0 Å². The molecule has 1 N–H and O–H groups in total. The third kappa shape index (κ3) is 4.18. The van der Waals surface area contributed by atoms with Crippen LogP contribution in [-0.4, -0.2) is 73.2 Å². The Morgan fingerprint density at radius 3 is 2.76 bits per heavy atom. The molecule has 21 heavy (non-hydrogen) atoms. The zero-order chi connectivity index (χ0) is 15.5. The van der Waals surface area contributed by atoms with Gasteiger partial charge in [0.25, 0.3) is 0 Å². The molecule has 0 aromatic carbocycles. The fourth-order valence-electron chi connectivity index (χ4n) is 3.84. The number of nitrogens with zero attached hydrogens (tertiary/aromatic N) is 2. The van der Waals surface area contributed by atoms with Crippen molar-refractivity contribution >= 4 is 5.97 Å². The van der Waals surface area contributed by atoms with Gasteiger partial charge in [0.05, 0.1) is 7.11 Å². The van der Waals surface area contributed by atoms with Crippen molar-refractivity contribution in [1.82, 2.24) is 15.1 Å². The lowest BCUT2D eigenvalue weighted by Crippen LogP contribution is -2.63. The minimum Gasteiger partial charge on any atom is -0.468 e. The molecule has 0 aromatic rings. The summed E-state index contributed by atoms with van der Waals surface area (Å²) < 4.78 is 5.03. The lowest BCUT2D eigenvalue weighted by Gasteiger charge is -2.46. The highest BCUT2D eigenvalue weighted by atomic mass is 16.5. The molecule has 5 heteroatoms. The average molecular weight is 297 g/mol. The Hall–Kier alpha value is -0.650. The van der Waals surface area contributed by atoms with E-state index in [4.69, 9.17) is 4.74 Å². The van der Waals surface area contributed by atoms with Crippen LogP contribution in [0.1, 0.15) is 40.0 Å². The predicted octanol–water partition coefficient (Wildman–Crippen LogP) is 1.09. The van der Waals surface area contributed by atoms with Gasteiger partial charge in [-0.25, -0.2) is 0 Å². The first kappa shape index (κ1) is 16.7. The van der Waals surface area contributed by atoms with Gasteiger partial charge in [-0.3, -0.25) is 19.9 Å². The third-order valence-corrected chi connectivity index (χ3v) is 4.70. The van der Waals surface area contributed by atoms with Gasteiger partial charge in [0, 0.05) is 38.3 Å². The highest BCUT2D eigenvalue weighted by Crippen LogP contribution is 2.22. The lowest BCUT2D eigenvalue weighted by atomic mass is 9.96. The van der Waals surface area contributed by atoms with E-state index in [1.165, 1.54) is 32.9 Å². The Balaban J connectivity index is 1.98. The number of nitrogens with one attached hydrogen (secondary N) is 1. The largest absolute Gasteiger partial charge is 0.468 e. The smallest absolute Gasteiger partial charge is 0.327 e. The molecule has 2 rings (SSSR count). The summed E-state index contributed by atoms with van der Waals surface area (Å²) in [4.78, 5) is 17.2. The Kier molecular flexibility index (Phi) is 5.63. The maximum atomic E-state index is 12.2. The molecule has 2 saturated heterocycles. The molecule has 2 aliphatic heterocycles. The summed E-state index contributed by atoms with van der Waals surface area (Å²) in [5.41, 5.74) is -0.625. The maximum absolute atomic E-state index is 12.2. The van der Waals surface area contributed by atoms with Crippen LogP contribution in [0.5, 0.6) is 0 Å². The number of esters is 1. The summed E-state index contributed by atoms with van der Waals surface area (Å²) in [6, 6.07) is 0.929. The predicted molar refractivity (Wildman–Crippen MR) is 84.3 cm³/mol. The topological polar surface area (TPSA) is 44.8 Å². The number of methoxy groups -OCH3 is 1. The van der Waals surface area contributed by atoms with Crippen molar-refractivity contribution in [3.63, 3.8) is 0 Å². The van der Waals surface area contributed by atoms with Crippen LogP contribution in [0.25, 0.3) is 0 Å². The summed E-state index contributed by atoms with van der Waals surface area (Å²) in [5.74, 6) is -0.165. The number of carbonyl (C=O) groups is 1. The van der Waals surface area contributed by atoms with E-state index in [-0.39, 0.29) is 12.0 Å². The Labute approximate surface area is 129 Å². The molecule has 2 heterocycles. The van der Waals surface area contributed by atoms with Gasteiger partial charge in [-0.15, -0.1) is 0 Å². The zero-order valence-electron chi connectivity index (χ0n) is 14.0. The van der Waals surface area contributed by atoms with Crippen molar-refractivity contribution in [3.8, 4) is 0 Å². The van der Waals surface area contributed by atoms with Crippen molar-refractivity contribution in [2.45, 2.75) is 57.7 Å². The first-order valence-corrected chi connectivity index (χ1v) is 8.27. The molecule has 2 fully saturated rings. The van der Waals surface area contributed by atoms with E-state index in [2.05, 4.69) is 29.0 Å². The normalized spacial score (nSPS) is 27.2. The average Bonchev–Trinajstić information content (AvgIpc) is 2.45. The summed E-state index contributed by atoms with van der Waals surface area (Å²) in [6.45, 7) is 11.3. The summed E-state index contributed by atoms with van der Waals surface area (Å²) in [5, 5.41) is 3.40. The second-order valence-electron chi connectivity index (χ2n) is 7.04. The number of piperidine rings is 1. The molecule has 0 amide bonds. The molecule has 0 saturated carbocycles. The number of ether oxygens (including phenoxy) is 1. The van der Waals surface area contributed by atoms with Gasteiger partial charge < -0.3 is 4.74 Å². The second-order valence-corrected chi connectivity index (χ2v) is 7.04. The molecule has 122 valence electrons. The number of piperazine rings is 1. The molecule has 0 aromatic heterocycles. The van der Waals surface area contributed by atoms with E-state index < -0.39 is 5.54 Å². The van der Waals surface area contributed by atoms with E-state index >= 15 is 0 Å². The molecule has 0 radical (unpaired) electrons. The second kappa shape index (κ2) is 7.07. The summed E-state index contributed by atoms with van der Waals surface area (Å²) in [6.07, 6.45) is 3.97. The van der Waals surface area contributed by atoms with Gasteiger partial charge in [0.1, 0.15) is 5.54 Å². The molecule has 2 aliphatic rings. The van der Waals surface area contributed by atoms with Crippen LogP contribution in [0.15, 0.2) is 0 Å². The van der Waals surface area contributed by atoms with Gasteiger partial charge in [-0.05, 0) is 40.2 Å². The van der Waals surface area contributed by atoms with Gasteiger partial charge in [0.2, 0.25) is 0 Å². The van der Waals surface area contributed by atoms with Gasteiger partial charge in [-0.1, -0.05) is 6.42 Å². The fourth-order valence-corrected chi connectivity index (χ4v) is 3.84. The first-order chi connectivity index (χ1) is 9.94. The van der Waals surface area contributed by atoms with Crippen molar-refractivity contribution in [3.05, 3.63) is 0 Å². The van der Waals surface area contributed by atoms with E-state index in [1.807, 2.05) is 6.92 Å². The number of fused-ring (bicyclic) bond motifs is 1. The molecular formula is C16H31N3O2. The van der Waals surface area contributed by atoms with E-state index in [0.717, 1.165) is 26.2 Å². The fraction of sp³-hybridized carbons (Fsp3) is 0.938. The minimum absolute atomic E-state index is 0.165. The molecule has 2 unspecified atom stereocenters. The Morgan fingerprint density at radius 2 is 2.10 bits per heavy atom.